The van der Waals surface area contributed by atoms with Crippen molar-refractivity contribution in [1.29, 1.82) is 0 Å². The van der Waals surface area contributed by atoms with E-state index in [-0.39, 0.29) is 11.8 Å². The summed E-state index contributed by atoms with van der Waals surface area (Å²) in [4.78, 5) is 27.4. The molecule has 134 valence electrons. The Hall–Kier alpha value is -3.28. The van der Waals surface area contributed by atoms with Crippen molar-refractivity contribution in [3.63, 3.8) is 0 Å². The number of hydrogen-bond donors (Lipinski definition) is 3. The third-order valence-corrected chi connectivity index (χ3v) is 4.01. The van der Waals surface area contributed by atoms with Crippen LogP contribution in [0.25, 0.3) is 10.9 Å². The molecule has 3 aromatic rings. The van der Waals surface area contributed by atoms with Crippen LogP contribution in [0.3, 0.4) is 0 Å². The largest absolute Gasteiger partial charge is 0.497 e. The first-order chi connectivity index (χ1) is 12.6. The van der Waals surface area contributed by atoms with Crippen molar-refractivity contribution in [2.24, 2.45) is 0 Å². The van der Waals surface area contributed by atoms with Crippen LogP contribution < -0.4 is 15.4 Å². The highest BCUT2D eigenvalue weighted by Gasteiger charge is 2.11. The van der Waals surface area contributed by atoms with E-state index in [4.69, 9.17) is 4.74 Å². The monoisotopic (exact) mass is 351 g/mol. The van der Waals surface area contributed by atoms with Crippen molar-refractivity contribution < 1.29 is 14.3 Å². The first kappa shape index (κ1) is 17.5. The van der Waals surface area contributed by atoms with Crippen molar-refractivity contribution in [2.45, 2.75) is 13.3 Å². The zero-order valence-electron chi connectivity index (χ0n) is 14.8. The first-order valence-corrected chi connectivity index (χ1v) is 8.47. The summed E-state index contributed by atoms with van der Waals surface area (Å²) in [6.07, 6.45) is 0.885. The fraction of sp³-hybridized carbons (Fsp3) is 0.200. The number of benzene rings is 2. The molecule has 0 bridgehead atoms. The van der Waals surface area contributed by atoms with E-state index in [1.165, 1.54) is 0 Å². The summed E-state index contributed by atoms with van der Waals surface area (Å²) in [7, 11) is 1.60. The van der Waals surface area contributed by atoms with Crippen LogP contribution in [0.4, 0.5) is 5.69 Å². The van der Waals surface area contributed by atoms with E-state index in [1.807, 2.05) is 25.1 Å². The Morgan fingerprint density at radius 2 is 1.81 bits per heavy atom. The maximum Gasteiger partial charge on any atom is 0.272 e. The highest BCUT2D eigenvalue weighted by molar-refractivity contribution is 6.06. The Kier molecular flexibility index (Phi) is 5.22. The molecule has 0 spiro atoms. The van der Waals surface area contributed by atoms with Gasteiger partial charge < -0.3 is 20.4 Å². The number of aromatic amines is 1. The SMILES string of the molecule is CCCNC(=O)c1ccc(NC(=O)c2cc3ccc(OC)cc3[nH]2)cc1. The minimum Gasteiger partial charge on any atom is -0.497 e. The lowest BCUT2D eigenvalue weighted by Gasteiger charge is -2.06. The van der Waals surface area contributed by atoms with E-state index in [1.54, 1.807) is 37.4 Å². The second-order valence-electron chi connectivity index (χ2n) is 5.92. The number of amides is 2. The number of methoxy groups -OCH3 is 1. The number of aromatic nitrogens is 1. The highest BCUT2D eigenvalue weighted by atomic mass is 16.5. The fourth-order valence-electron chi connectivity index (χ4n) is 2.60. The molecule has 0 unspecified atom stereocenters. The van der Waals surface area contributed by atoms with Crippen molar-refractivity contribution >= 4 is 28.4 Å². The van der Waals surface area contributed by atoms with Crippen molar-refractivity contribution in [2.75, 3.05) is 19.0 Å². The molecule has 0 fully saturated rings. The van der Waals surface area contributed by atoms with Crippen LogP contribution >= 0.6 is 0 Å². The molecule has 0 aliphatic rings. The smallest absolute Gasteiger partial charge is 0.272 e. The molecule has 0 atom stereocenters. The molecular formula is C20H21N3O3. The molecule has 0 aliphatic heterocycles. The lowest BCUT2D eigenvalue weighted by Crippen LogP contribution is -2.23. The van der Waals surface area contributed by atoms with Crippen molar-refractivity contribution in [3.05, 3.63) is 59.8 Å². The molecule has 26 heavy (non-hydrogen) atoms. The number of anilines is 1. The third-order valence-electron chi connectivity index (χ3n) is 4.01. The van der Waals surface area contributed by atoms with Gasteiger partial charge in [0.05, 0.1) is 7.11 Å². The second kappa shape index (κ2) is 7.74. The third kappa shape index (κ3) is 3.85. The summed E-state index contributed by atoms with van der Waals surface area (Å²) in [5.74, 6) is 0.362. The van der Waals surface area contributed by atoms with Crippen molar-refractivity contribution in [3.8, 4) is 5.75 Å². The van der Waals surface area contributed by atoms with Crippen LogP contribution in [-0.2, 0) is 0 Å². The molecule has 0 radical (unpaired) electrons. The number of rotatable bonds is 6. The van der Waals surface area contributed by atoms with Gasteiger partial charge in [0.1, 0.15) is 11.4 Å². The van der Waals surface area contributed by atoms with E-state index in [0.29, 0.717) is 23.5 Å². The number of hydrogen-bond acceptors (Lipinski definition) is 3. The van der Waals surface area contributed by atoms with Gasteiger partial charge in [0, 0.05) is 34.8 Å². The van der Waals surface area contributed by atoms with Crippen LogP contribution in [0.5, 0.6) is 5.75 Å². The van der Waals surface area contributed by atoms with Crippen LogP contribution in [0, 0.1) is 0 Å². The Morgan fingerprint density at radius 1 is 1.04 bits per heavy atom. The standard InChI is InChI=1S/C20H21N3O3/c1-3-10-21-19(24)13-4-7-15(8-5-13)22-20(25)18-11-14-6-9-16(26-2)12-17(14)23-18/h4-9,11-12,23H,3,10H2,1-2H3,(H,21,24)(H,22,25). The van der Waals surface area contributed by atoms with Gasteiger partial charge in [-0.1, -0.05) is 6.92 Å². The van der Waals surface area contributed by atoms with Crippen molar-refractivity contribution in [1.82, 2.24) is 10.3 Å². The molecule has 6 nitrogen and oxygen atoms in total. The van der Waals surface area contributed by atoms with Gasteiger partial charge in [-0.2, -0.15) is 0 Å². The van der Waals surface area contributed by atoms with Gasteiger partial charge in [0.25, 0.3) is 11.8 Å². The van der Waals surface area contributed by atoms with E-state index < -0.39 is 0 Å². The van der Waals surface area contributed by atoms with E-state index in [2.05, 4.69) is 15.6 Å². The zero-order valence-corrected chi connectivity index (χ0v) is 14.8. The molecule has 3 rings (SSSR count). The Morgan fingerprint density at radius 3 is 2.50 bits per heavy atom. The minimum absolute atomic E-state index is 0.116. The summed E-state index contributed by atoms with van der Waals surface area (Å²) < 4.78 is 5.19. The number of H-pyrrole nitrogens is 1. The summed E-state index contributed by atoms with van der Waals surface area (Å²) in [6.45, 7) is 2.64. The quantitative estimate of drug-likeness (QED) is 0.635. The normalized spacial score (nSPS) is 10.5. The molecule has 1 heterocycles. The van der Waals surface area contributed by atoms with E-state index in [9.17, 15) is 9.59 Å². The number of carbonyl (C=O) groups is 2. The molecule has 6 heteroatoms. The van der Waals surface area contributed by atoms with Crippen LogP contribution in [0.15, 0.2) is 48.5 Å². The Balaban J connectivity index is 1.70. The predicted octanol–water partition coefficient (Wildman–Crippen LogP) is 3.57. The lowest BCUT2D eigenvalue weighted by atomic mass is 10.2. The van der Waals surface area contributed by atoms with Gasteiger partial charge in [0.2, 0.25) is 0 Å². The topological polar surface area (TPSA) is 83.2 Å². The first-order valence-electron chi connectivity index (χ1n) is 8.47. The van der Waals surface area contributed by atoms with Gasteiger partial charge in [-0.3, -0.25) is 9.59 Å². The zero-order chi connectivity index (χ0) is 18.5. The fourth-order valence-corrected chi connectivity index (χ4v) is 2.60. The van der Waals surface area contributed by atoms with Gasteiger partial charge >= 0.3 is 0 Å². The van der Waals surface area contributed by atoms with Gasteiger partial charge in [-0.15, -0.1) is 0 Å². The summed E-state index contributed by atoms with van der Waals surface area (Å²) in [5, 5.41) is 6.57. The van der Waals surface area contributed by atoms with Gasteiger partial charge in [-0.25, -0.2) is 0 Å². The number of fused-ring (bicyclic) bond motifs is 1. The van der Waals surface area contributed by atoms with E-state index in [0.717, 1.165) is 23.1 Å². The number of ether oxygens (including phenoxy) is 1. The average molecular weight is 351 g/mol. The predicted molar refractivity (Wildman–Crippen MR) is 102 cm³/mol. The molecular weight excluding hydrogens is 330 g/mol. The summed E-state index contributed by atoms with van der Waals surface area (Å²) >= 11 is 0. The molecule has 0 saturated carbocycles. The number of carbonyl (C=O) groups excluding carboxylic acids is 2. The highest BCUT2D eigenvalue weighted by Crippen LogP contribution is 2.22. The average Bonchev–Trinajstić information content (AvgIpc) is 3.10. The number of nitrogens with one attached hydrogen (secondary N) is 3. The molecule has 0 aliphatic carbocycles. The van der Waals surface area contributed by atoms with E-state index >= 15 is 0 Å². The molecule has 3 N–H and O–H groups in total. The van der Waals surface area contributed by atoms with Crippen LogP contribution in [0.1, 0.15) is 34.2 Å². The molecule has 2 aromatic carbocycles. The molecule has 1 aromatic heterocycles. The maximum atomic E-state index is 12.4. The maximum absolute atomic E-state index is 12.4. The second-order valence-corrected chi connectivity index (χ2v) is 5.92. The van der Waals surface area contributed by atoms with Gasteiger partial charge in [-0.05, 0) is 48.9 Å². The van der Waals surface area contributed by atoms with Gasteiger partial charge in [0.15, 0.2) is 0 Å². The lowest BCUT2D eigenvalue weighted by molar-refractivity contribution is 0.0953. The van der Waals surface area contributed by atoms with Crippen LogP contribution in [-0.4, -0.2) is 30.5 Å². The minimum atomic E-state index is -0.247. The Bertz CT molecular complexity index is 929. The molecule has 2 amide bonds. The summed E-state index contributed by atoms with van der Waals surface area (Å²) in [5.41, 5.74) is 2.47. The summed E-state index contributed by atoms with van der Waals surface area (Å²) in [6, 6.07) is 14.2. The van der Waals surface area contributed by atoms with Crippen LogP contribution in [0.2, 0.25) is 0 Å². The molecule has 0 saturated heterocycles. The Labute approximate surface area is 151 Å².